The lowest BCUT2D eigenvalue weighted by Crippen LogP contribution is -2.60. The zero-order chi connectivity index (χ0) is 70.3. The molecule has 1 aliphatic carbocycles. The highest BCUT2D eigenvalue weighted by Crippen LogP contribution is 2.31. The molecule has 6 N–H and O–H groups in total. The zero-order valence-electron chi connectivity index (χ0n) is 57.3. The number of anilines is 1. The van der Waals surface area contributed by atoms with Crippen LogP contribution in [0.15, 0.2) is 54.6 Å². The topological polar surface area (TPSA) is 344 Å². The van der Waals surface area contributed by atoms with Crippen molar-refractivity contribution < 1.29 is 85.2 Å². The molecule has 9 amide bonds. The van der Waals surface area contributed by atoms with Gasteiger partial charge in [-0.15, -0.1) is 0 Å². The van der Waals surface area contributed by atoms with Gasteiger partial charge in [-0.3, -0.25) is 52.8 Å². The Morgan fingerprint density at radius 3 is 1.87 bits per heavy atom. The monoisotopic (exact) mass is 1350 g/mol. The highest BCUT2D eigenvalue weighted by Gasteiger charge is 2.45. The Kier molecular flexibility index (Phi) is 31.3. The Labute approximate surface area is 559 Å². The van der Waals surface area contributed by atoms with E-state index in [4.69, 9.17) is 28.8 Å². The number of likely N-dealkylation sites (N-methyl/N-ethyl adjacent to an activating group) is 2. The summed E-state index contributed by atoms with van der Waals surface area (Å²) in [6, 6.07) is 9.90. The molecular weight excluding hydrogens is 1250 g/mol. The van der Waals surface area contributed by atoms with Crippen LogP contribution in [0.1, 0.15) is 131 Å². The molecule has 5 rings (SSSR count). The molecule has 3 fully saturated rings. The summed E-state index contributed by atoms with van der Waals surface area (Å²) < 4.78 is 56.5. The molecule has 2 heterocycles. The first-order chi connectivity index (χ1) is 45.0. The number of hydrogen-bond acceptors (Lipinski definition) is 17. The summed E-state index contributed by atoms with van der Waals surface area (Å²) in [4.78, 5) is 140. The maximum absolute atomic E-state index is 14.8. The van der Waals surface area contributed by atoms with Gasteiger partial charge in [0.1, 0.15) is 30.8 Å². The van der Waals surface area contributed by atoms with E-state index < -0.39 is 135 Å². The van der Waals surface area contributed by atoms with Gasteiger partial charge in [0.05, 0.1) is 80.6 Å². The second kappa shape index (κ2) is 37.9. The number of aliphatic carboxylic acids is 1. The maximum Gasteiger partial charge on any atom is 0.410 e. The van der Waals surface area contributed by atoms with E-state index in [2.05, 4.69) is 26.0 Å². The Morgan fingerprint density at radius 2 is 1.31 bits per heavy atom. The average Bonchev–Trinajstić information content (AvgIpc) is 1.81. The average molecular weight is 1350 g/mol. The van der Waals surface area contributed by atoms with Gasteiger partial charge in [-0.2, -0.15) is 0 Å². The van der Waals surface area contributed by atoms with Crippen LogP contribution < -0.4 is 26.0 Å². The largest absolute Gasteiger partial charge is 0.481 e. The fourth-order valence-electron chi connectivity index (χ4n) is 12.1. The van der Waals surface area contributed by atoms with E-state index in [9.17, 15) is 56.4 Å². The standard InChI is InChI=1S/C67H103N9O18S/c1-13-43(6)59(53(90-11)39-56(79)76-31-17-20-52(76)60(91-12)44(7)61(80)70-51(38-46-18-15-14-16-19-46)63(82)72-95(88,89)50-25-26-50)73(9)65(84)57(41(2)3)71-64(83)58(42(4)5)74(10)67(87)94-40-47-21-23-49(24-22-47)69-62(81)45(8)68-54(77)29-34-92-36-37-93-35-30-55(78)75-32-27-48(28-33-75)66(85)86/h14-16,18-19,21-24,41-45,48,50-53,57-60H,13,17,20,25-40H2,1-12H3,(H,68,77)(H,69,81)(H,70,80)(H,71,83)(H,72,82)(H,85,86)/t43-,44+,45-,51-,52-,53+,57-,58?,59-,60+/m0/s1. The van der Waals surface area contributed by atoms with Crippen molar-refractivity contribution in [2.24, 2.45) is 29.6 Å². The predicted molar refractivity (Wildman–Crippen MR) is 352 cm³/mol. The van der Waals surface area contributed by atoms with Crippen LogP contribution in [0.3, 0.4) is 0 Å². The van der Waals surface area contributed by atoms with Gasteiger partial charge in [-0.1, -0.05) is 97.4 Å². The number of sulfonamides is 1. The SMILES string of the molecule is CC[C@H](C)[C@@H]([C@@H](CC(=O)N1CCC[C@H]1[C@H](OC)[C@@H](C)C(=O)N[C@@H](Cc1ccccc1)C(=O)NS(=O)(=O)C1CC1)OC)N(C)C(=O)[C@@H](NC(=O)C(C(C)C)N(C)C(=O)OCc1ccc(NC(=O)[C@H](C)NC(=O)CCOCCOCCC(=O)N2CCC(C(=O)O)CC2)cc1)C(C)C. The first-order valence-electron chi connectivity index (χ1n) is 33.1. The van der Waals surface area contributed by atoms with Crippen LogP contribution in [0.4, 0.5) is 10.5 Å². The van der Waals surface area contributed by atoms with Crippen LogP contribution in [-0.4, -0.2) is 221 Å². The summed E-state index contributed by atoms with van der Waals surface area (Å²) >= 11 is 0. The number of carbonyl (C=O) groups excluding carboxylic acids is 9. The molecule has 2 saturated heterocycles. The first-order valence-corrected chi connectivity index (χ1v) is 34.6. The number of carboxylic acids is 1. The molecule has 3 aliphatic rings. The van der Waals surface area contributed by atoms with Gasteiger partial charge in [0.2, 0.25) is 51.4 Å². The number of nitrogens with zero attached hydrogens (tertiary/aromatic N) is 4. The van der Waals surface area contributed by atoms with E-state index in [-0.39, 0.29) is 76.4 Å². The third-order valence-corrected chi connectivity index (χ3v) is 19.9. The predicted octanol–water partition coefficient (Wildman–Crippen LogP) is 4.26. The van der Waals surface area contributed by atoms with Crippen LogP contribution in [0, 0.1) is 29.6 Å². The number of methoxy groups -OCH3 is 2. The number of benzene rings is 2. The van der Waals surface area contributed by atoms with Gasteiger partial charge >= 0.3 is 12.1 Å². The van der Waals surface area contributed by atoms with Gasteiger partial charge in [0.15, 0.2) is 0 Å². The van der Waals surface area contributed by atoms with Crippen molar-refractivity contribution >= 4 is 75.0 Å². The van der Waals surface area contributed by atoms with Gasteiger partial charge in [0, 0.05) is 66.5 Å². The molecule has 0 radical (unpaired) electrons. The molecule has 2 aliphatic heterocycles. The van der Waals surface area contributed by atoms with E-state index in [1.54, 1.807) is 106 Å². The van der Waals surface area contributed by atoms with E-state index in [0.717, 1.165) is 0 Å². The molecule has 2 aromatic rings. The van der Waals surface area contributed by atoms with Crippen molar-refractivity contribution in [1.29, 1.82) is 0 Å². The quantitative estimate of drug-likeness (QED) is 0.0512. The lowest BCUT2D eigenvalue weighted by molar-refractivity contribution is -0.148. The third kappa shape index (κ3) is 23.5. The minimum Gasteiger partial charge on any atom is -0.481 e. The number of rotatable bonds is 38. The number of ether oxygens (including phenoxy) is 5. The van der Waals surface area contributed by atoms with Crippen molar-refractivity contribution in [2.75, 3.05) is 79.7 Å². The number of hydrogen-bond donors (Lipinski definition) is 6. The molecule has 530 valence electrons. The summed E-state index contributed by atoms with van der Waals surface area (Å²) in [7, 11) is 2.05. The normalized spacial score (nSPS) is 18.0. The van der Waals surface area contributed by atoms with Crippen molar-refractivity contribution in [3.63, 3.8) is 0 Å². The minimum absolute atomic E-state index is 0.0112. The Balaban J connectivity index is 1.10. The van der Waals surface area contributed by atoms with Crippen LogP contribution >= 0.6 is 0 Å². The number of amides is 9. The summed E-state index contributed by atoms with van der Waals surface area (Å²) in [5.41, 5.74) is 1.69. The summed E-state index contributed by atoms with van der Waals surface area (Å²) in [5, 5.41) is 19.6. The van der Waals surface area contributed by atoms with Crippen molar-refractivity contribution in [1.82, 2.24) is 40.3 Å². The smallest absolute Gasteiger partial charge is 0.410 e. The van der Waals surface area contributed by atoms with E-state index >= 15 is 0 Å². The fraction of sp³-hybridized carbons (Fsp3) is 0.672. The molecule has 28 heteroatoms. The summed E-state index contributed by atoms with van der Waals surface area (Å²) in [6.07, 6.45) is 1.01. The molecule has 95 heavy (non-hydrogen) atoms. The van der Waals surface area contributed by atoms with Crippen LogP contribution in [-0.2, 0) is 89.9 Å². The fourth-order valence-corrected chi connectivity index (χ4v) is 13.4. The van der Waals surface area contributed by atoms with Crippen molar-refractivity contribution in [3.05, 3.63) is 65.7 Å². The van der Waals surface area contributed by atoms with Gasteiger partial charge in [-0.25, -0.2) is 13.2 Å². The zero-order valence-corrected chi connectivity index (χ0v) is 58.1. The van der Waals surface area contributed by atoms with Gasteiger partial charge < -0.3 is 64.8 Å². The van der Waals surface area contributed by atoms with Crippen LogP contribution in [0.25, 0.3) is 0 Å². The second-order valence-corrected chi connectivity index (χ2v) is 27.8. The Morgan fingerprint density at radius 1 is 0.674 bits per heavy atom. The lowest BCUT2D eigenvalue weighted by Gasteiger charge is -2.41. The molecule has 1 unspecified atom stereocenters. The maximum atomic E-state index is 14.8. The van der Waals surface area contributed by atoms with Crippen LogP contribution in [0.2, 0.25) is 0 Å². The first kappa shape index (κ1) is 78.4. The van der Waals surface area contributed by atoms with Crippen LogP contribution in [0.5, 0.6) is 0 Å². The third-order valence-electron chi connectivity index (χ3n) is 18.1. The minimum atomic E-state index is -3.92. The van der Waals surface area contributed by atoms with Crippen molar-refractivity contribution in [3.8, 4) is 0 Å². The number of carbonyl (C=O) groups is 10. The second-order valence-electron chi connectivity index (χ2n) is 25.8. The molecule has 0 aromatic heterocycles. The molecule has 0 spiro atoms. The molecular formula is C67H103N9O18S. The molecule has 10 atom stereocenters. The van der Waals surface area contributed by atoms with E-state index in [1.165, 1.54) is 38.0 Å². The van der Waals surface area contributed by atoms with E-state index in [1.807, 2.05) is 13.8 Å². The number of carboxylic acid groups (broad SMARTS) is 1. The summed E-state index contributed by atoms with van der Waals surface area (Å²) in [6.45, 7) is 15.8. The van der Waals surface area contributed by atoms with Gasteiger partial charge in [-0.05, 0) is 86.5 Å². The molecule has 0 bridgehead atoms. The Bertz CT molecular complexity index is 3000. The van der Waals surface area contributed by atoms with Crippen molar-refractivity contribution in [2.45, 2.75) is 186 Å². The highest BCUT2D eigenvalue weighted by molar-refractivity contribution is 7.90. The Hall–Kier alpha value is -7.27. The highest BCUT2D eigenvalue weighted by atomic mass is 32.2. The summed E-state index contributed by atoms with van der Waals surface area (Å²) in [5.74, 6) is -6.98. The van der Waals surface area contributed by atoms with Gasteiger partial charge in [0.25, 0.3) is 5.91 Å². The lowest BCUT2D eigenvalue weighted by atomic mass is 9.89. The number of nitrogens with one attached hydrogen (secondary N) is 5. The molecule has 2 aromatic carbocycles. The molecule has 27 nitrogen and oxygen atoms in total. The number of piperidine rings is 1. The number of likely N-dealkylation sites (tertiary alicyclic amines) is 2. The van der Waals surface area contributed by atoms with E-state index in [0.29, 0.717) is 81.4 Å². The molecule has 1 saturated carbocycles.